The number of amides is 2. The first-order chi connectivity index (χ1) is 13.6. The van der Waals surface area contributed by atoms with Crippen LogP contribution in [0.5, 0.6) is 0 Å². The van der Waals surface area contributed by atoms with Gasteiger partial charge in [-0.1, -0.05) is 11.2 Å². The quantitative estimate of drug-likeness (QED) is 0.692. The lowest BCUT2D eigenvalue weighted by Crippen LogP contribution is -2.43. The average molecular weight is 404 g/mol. The molecule has 0 aliphatic carbocycles. The highest BCUT2D eigenvalue weighted by atomic mass is 32.1. The highest BCUT2D eigenvalue weighted by molar-refractivity contribution is 7.08. The summed E-state index contributed by atoms with van der Waals surface area (Å²) in [7, 11) is 0. The smallest absolute Gasteiger partial charge is 0.322 e. The van der Waals surface area contributed by atoms with Gasteiger partial charge in [0.25, 0.3) is 0 Å². The number of likely N-dealkylation sites (tertiary alicyclic amines) is 1. The first-order valence-electron chi connectivity index (χ1n) is 8.95. The van der Waals surface area contributed by atoms with Gasteiger partial charge in [0.05, 0.1) is 0 Å². The van der Waals surface area contributed by atoms with E-state index in [0.717, 1.165) is 30.5 Å². The van der Waals surface area contributed by atoms with Crippen LogP contribution in [-0.2, 0) is 6.42 Å². The van der Waals surface area contributed by atoms with Gasteiger partial charge in [-0.2, -0.15) is 16.3 Å². The van der Waals surface area contributed by atoms with Gasteiger partial charge in [0.1, 0.15) is 17.3 Å². The summed E-state index contributed by atoms with van der Waals surface area (Å²) >= 11 is 1.56. The molecule has 1 aliphatic rings. The van der Waals surface area contributed by atoms with Crippen molar-refractivity contribution in [2.45, 2.75) is 19.3 Å². The lowest BCUT2D eigenvalue weighted by molar-refractivity contribution is 0.173. The lowest BCUT2D eigenvalue weighted by Gasteiger charge is -2.32. The molecule has 3 heterocycles. The largest absolute Gasteiger partial charge is 0.339 e. The van der Waals surface area contributed by atoms with E-state index in [2.05, 4.69) is 15.5 Å². The Balaban J connectivity index is 1.38. The van der Waals surface area contributed by atoms with Crippen molar-refractivity contribution in [3.05, 3.63) is 52.6 Å². The fraction of sp³-hybridized carbons (Fsp3) is 0.316. The van der Waals surface area contributed by atoms with E-state index in [4.69, 9.17) is 4.52 Å². The molecule has 1 atom stereocenters. The maximum absolute atomic E-state index is 13.8. The normalized spacial score (nSPS) is 16.9. The number of piperidine rings is 1. The van der Waals surface area contributed by atoms with Crippen molar-refractivity contribution >= 4 is 23.1 Å². The fourth-order valence-electron chi connectivity index (χ4n) is 3.31. The van der Waals surface area contributed by atoms with Gasteiger partial charge in [-0.15, -0.1) is 0 Å². The number of carbonyl (C=O) groups excluding carboxylic acids is 1. The molecule has 0 spiro atoms. The van der Waals surface area contributed by atoms with Gasteiger partial charge < -0.3 is 14.7 Å². The number of anilines is 1. The topological polar surface area (TPSA) is 71.3 Å². The van der Waals surface area contributed by atoms with E-state index in [1.54, 1.807) is 16.2 Å². The molecule has 0 bridgehead atoms. The molecule has 0 radical (unpaired) electrons. The average Bonchev–Trinajstić information content (AvgIpc) is 3.37. The number of hydrogen-bond donors (Lipinski definition) is 1. The van der Waals surface area contributed by atoms with Gasteiger partial charge in [-0.05, 0) is 42.3 Å². The number of benzene rings is 1. The predicted octanol–water partition coefficient (Wildman–Crippen LogP) is 4.56. The van der Waals surface area contributed by atoms with Gasteiger partial charge in [-0.3, -0.25) is 0 Å². The first-order valence-corrected chi connectivity index (χ1v) is 9.89. The number of thiophene rings is 1. The second kappa shape index (κ2) is 8.05. The minimum Gasteiger partial charge on any atom is -0.339 e. The second-order valence-electron chi connectivity index (χ2n) is 6.71. The third-order valence-corrected chi connectivity index (χ3v) is 5.39. The van der Waals surface area contributed by atoms with E-state index in [0.29, 0.717) is 31.2 Å². The number of nitrogens with one attached hydrogen (secondary N) is 1. The van der Waals surface area contributed by atoms with E-state index in [1.807, 2.05) is 16.8 Å². The number of halogens is 2. The Bertz CT molecular complexity index is 941. The summed E-state index contributed by atoms with van der Waals surface area (Å²) in [6.07, 6.45) is 2.26. The molecule has 1 N–H and O–H groups in total. The highest BCUT2D eigenvalue weighted by Gasteiger charge is 2.26. The van der Waals surface area contributed by atoms with E-state index in [1.165, 1.54) is 6.07 Å². The molecule has 28 heavy (non-hydrogen) atoms. The first kappa shape index (κ1) is 18.5. The third-order valence-electron chi connectivity index (χ3n) is 4.71. The number of rotatable bonds is 4. The molecule has 1 aromatic carbocycles. The number of para-hydroxylation sites is 1. The van der Waals surface area contributed by atoms with E-state index < -0.39 is 23.4 Å². The molecule has 1 unspecified atom stereocenters. The van der Waals surface area contributed by atoms with Gasteiger partial charge in [0, 0.05) is 30.5 Å². The second-order valence-corrected chi connectivity index (χ2v) is 7.49. The van der Waals surface area contributed by atoms with Gasteiger partial charge >= 0.3 is 6.03 Å². The summed E-state index contributed by atoms with van der Waals surface area (Å²) in [5, 5.41) is 10.2. The molecule has 146 valence electrons. The van der Waals surface area contributed by atoms with Gasteiger partial charge in [-0.25, -0.2) is 13.6 Å². The summed E-state index contributed by atoms with van der Waals surface area (Å²) in [6, 6.07) is 4.88. The number of nitrogens with zero attached hydrogens (tertiary/aromatic N) is 3. The summed E-state index contributed by atoms with van der Waals surface area (Å²) in [6.45, 7) is 0.987. The molecule has 0 saturated carbocycles. The van der Waals surface area contributed by atoms with Crippen LogP contribution in [0.3, 0.4) is 0 Å². The molecule has 1 fully saturated rings. The van der Waals surface area contributed by atoms with E-state index in [9.17, 15) is 13.6 Å². The highest BCUT2D eigenvalue weighted by Crippen LogP contribution is 2.24. The van der Waals surface area contributed by atoms with Crippen LogP contribution in [0.15, 0.2) is 39.5 Å². The molecule has 2 aromatic heterocycles. The molecule has 4 rings (SSSR count). The van der Waals surface area contributed by atoms with Crippen LogP contribution in [-0.4, -0.2) is 34.2 Å². The van der Waals surface area contributed by atoms with Crippen molar-refractivity contribution < 1.29 is 18.1 Å². The summed E-state index contributed by atoms with van der Waals surface area (Å²) in [4.78, 5) is 18.4. The van der Waals surface area contributed by atoms with E-state index in [-0.39, 0.29) is 5.92 Å². The Morgan fingerprint density at radius 3 is 2.89 bits per heavy atom. The number of hydrogen-bond acceptors (Lipinski definition) is 5. The standard InChI is InChI=1S/C19H18F2N4O2S/c20-14-4-1-5-15(21)17(14)23-19(26)25-7-2-3-12(10-25)9-16-22-18(24-27-16)13-6-8-28-11-13/h1,4-6,8,11-12H,2-3,7,9-10H2,(H,23,26). The van der Waals surface area contributed by atoms with Gasteiger partial charge in [0.2, 0.25) is 11.7 Å². The maximum Gasteiger partial charge on any atom is 0.322 e. The Morgan fingerprint density at radius 1 is 1.32 bits per heavy atom. The van der Waals surface area contributed by atoms with Crippen molar-refractivity contribution in [3.63, 3.8) is 0 Å². The Kier molecular flexibility index (Phi) is 5.34. The minimum absolute atomic E-state index is 0.140. The number of aromatic nitrogens is 2. The summed E-state index contributed by atoms with van der Waals surface area (Å²) in [5.41, 5.74) is 0.489. The summed E-state index contributed by atoms with van der Waals surface area (Å²) < 4.78 is 32.9. The third kappa shape index (κ3) is 4.04. The predicted molar refractivity (Wildman–Crippen MR) is 101 cm³/mol. The zero-order chi connectivity index (χ0) is 19.5. The zero-order valence-electron chi connectivity index (χ0n) is 14.9. The fourth-order valence-corrected chi connectivity index (χ4v) is 3.95. The van der Waals surface area contributed by atoms with Crippen LogP contribution in [0, 0.1) is 17.6 Å². The van der Waals surface area contributed by atoms with Gasteiger partial charge in [0.15, 0.2) is 0 Å². The molecule has 1 aliphatic heterocycles. The Hall–Kier alpha value is -2.81. The number of carbonyl (C=O) groups is 1. The summed E-state index contributed by atoms with van der Waals surface area (Å²) in [5.74, 6) is -0.381. The molecule has 1 saturated heterocycles. The molecule has 2 amide bonds. The maximum atomic E-state index is 13.8. The minimum atomic E-state index is -0.797. The molecular weight excluding hydrogens is 386 g/mol. The SMILES string of the molecule is O=C(Nc1c(F)cccc1F)N1CCCC(Cc2nc(-c3ccsc3)no2)C1. The lowest BCUT2D eigenvalue weighted by atomic mass is 9.95. The van der Waals surface area contributed by atoms with Crippen LogP contribution >= 0.6 is 11.3 Å². The van der Waals surface area contributed by atoms with Crippen molar-refractivity contribution in [2.75, 3.05) is 18.4 Å². The monoisotopic (exact) mass is 404 g/mol. The van der Waals surface area contributed by atoms with Crippen LogP contribution in [0.2, 0.25) is 0 Å². The zero-order valence-corrected chi connectivity index (χ0v) is 15.7. The van der Waals surface area contributed by atoms with E-state index >= 15 is 0 Å². The van der Waals surface area contributed by atoms with Crippen molar-refractivity contribution in [1.29, 1.82) is 0 Å². The molecule has 9 heteroatoms. The van der Waals surface area contributed by atoms with Crippen LogP contribution < -0.4 is 5.32 Å². The van der Waals surface area contributed by atoms with Crippen LogP contribution in [0.1, 0.15) is 18.7 Å². The van der Waals surface area contributed by atoms with Crippen LogP contribution in [0.4, 0.5) is 19.3 Å². The Morgan fingerprint density at radius 2 is 2.14 bits per heavy atom. The van der Waals surface area contributed by atoms with Crippen LogP contribution in [0.25, 0.3) is 11.4 Å². The van der Waals surface area contributed by atoms with Crippen molar-refractivity contribution in [2.24, 2.45) is 5.92 Å². The molecule has 3 aromatic rings. The van der Waals surface area contributed by atoms with Crippen molar-refractivity contribution in [1.82, 2.24) is 15.0 Å². The molecule has 6 nitrogen and oxygen atoms in total. The Labute approximate surface area is 164 Å². The number of urea groups is 1. The molecular formula is C19H18F2N4O2S. The van der Waals surface area contributed by atoms with Crippen molar-refractivity contribution in [3.8, 4) is 11.4 Å².